The Labute approximate surface area is 125 Å². The van der Waals surface area contributed by atoms with Crippen LogP contribution in [-0.2, 0) is 6.61 Å². The van der Waals surface area contributed by atoms with Gasteiger partial charge in [-0.15, -0.1) is 0 Å². The summed E-state index contributed by atoms with van der Waals surface area (Å²) in [4.78, 5) is 0. The lowest BCUT2D eigenvalue weighted by atomic mass is 10.0. The molecule has 2 aromatic rings. The largest absolute Gasteiger partial charge is 0.489 e. The molecule has 3 heteroatoms. The van der Waals surface area contributed by atoms with E-state index in [1.54, 1.807) is 13.0 Å². The van der Waals surface area contributed by atoms with Crippen LogP contribution in [0, 0.1) is 5.82 Å². The number of hydrogen-bond acceptors (Lipinski definition) is 2. The first kappa shape index (κ1) is 15.5. The van der Waals surface area contributed by atoms with Crippen molar-refractivity contribution in [3.8, 4) is 5.75 Å². The third kappa shape index (κ3) is 4.05. The van der Waals surface area contributed by atoms with Crippen molar-refractivity contribution in [3.05, 3.63) is 65.0 Å². The molecule has 0 unspecified atom stereocenters. The van der Waals surface area contributed by atoms with Crippen molar-refractivity contribution < 1.29 is 14.2 Å². The van der Waals surface area contributed by atoms with Gasteiger partial charge in [-0.3, -0.25) is 0 Å². The quantitative estimate of drug-likeness (QED) is 0.872. The molecule has 0 radical (unpaired) electrons. The van der Waals surface area contributed by atoms with Gasteiger partial charge in [0, 0.05) is 5.56 Å². The van der Waals surface area contributed by atoms with E-state index >= 15 is 0 Å². The van der Waals surface area contributed by atoms with Crippen molar-refractivity contribution in [3.63, 3.8) is 0 Å². The molecule has 0 aliphatic rings. The summed E-state index contributed by atoms with van der Waals surface area (Å²) < 4.78 is 18.9. The zero-order valence-corrected chi connectivity index (χ0v) is 12.6. The second-order valence-corrected chi connectivity index (χ2v) is 5.54. The number of aliphatic hydroxyl groups excluding tert-OH is 1. The maximum atomic E-state index is 13.2. The SMILES string of the molecule is CC(C)c1ccc(COc2ccc(F)cc2[C@@H](C)O)cc1. The van der Waals surface area contributed by atoms with Crippen LogP contribution >= 0.6 is 0 Å². The molecule has 2 aromatic carbocycles. The van der Waals surface area contributed by atoms with E-state index in [4.69, 9.17) is 4.74 Å². The van der Waals surface area contributed by atoms with Gasteiger partial charge >= 0.3 is 0 Å². The maximum Gasteiger partial charge on any atom is 0.125 e. The van der Waals surface area contributed by atoms with Crippen LogP contribution in [0.15, 0.2) is 42.5 Å². The highest BCUT2D eigenvalue weighted by atomic mass is 19.1. The Morgan fingerprint density at radius 1 is 1.05 bits per heavy atom. The number of aliphatic hydroxyl groups is 1. The lowest BCUT2D eigenvalue weighted by Gasteiger charge is -2.14. The molecule has 21 heavy (non-hydrogen) atoms. The monoisotopic (exact) mass is 288 g/mol. The Kier molecular flexibility index (Phi) is 4.97. The highest BCUT2D eigenvalue weighted by Gasteiger charge is 2.11. The molecule has 0 saturated carbocycles. The van der Waals surface area contributed by atoms with E-state index in [0.29, 0.717) is 23.8 Å². The molecular formula is C18H21FO2. The van der Waals surface area contributed by atoms with Crippen molar-refractivity contribution in [2.45, 2.75) is 39.4 Å². The topological polar surface area (TPSA) is 29.5 Å². The lowest BCUT2D eigenvalue weighted by molar-refractivity contribution is 0.189. The van der Waals surface area contributed by atoms with Gasteiger partial charge in [0.1, 0.15) is 18.2 Å². The van der Waals surface area contributed by atoms with E-state index < -0.39 is 6.10 Å². The molecule has 0 aliphatic heterocycles. The molecule has 0 aromatic heterocycles. The van der Waals surface area contributed by atoms with Gasteiger partial charge in [0.2, 0.25) is 0 Å². The minimum atomic E-state index is -0.765. The molecule has 0 fully saturated rings. The molecule has 0 bridgehead atoms. The highest BCUT2D eigenvalue weighted by Crippen LogP contribution is 2.27. The Balaban J connectivity index is 2.09. The predicted molar refractivity (Wildman–Crippen MR) is 81.9 cm³/mol. The summed E-state index contributed by atoms with van der Waals surface area (Å²) in [5.74, 6) is 0.637. The van der Waals surface area contributed by atoms with Gasteiger partial charge in [0.25, 0.3) is 0 Å². The molecule has 1 atom stereocenters. The van der Waals surface area contributed by atoms with Crippen molar-refractivity contribution in [2.24, 2.45) is 0 Å². The molecule has 0 saturated heterocycles. The summed E-state index contributed by atoms with van der Waals surface area (Å²) in [5.41, 5.74) is 2.79. The van der Waals surface area contributed by atoms with Gasteiger partial charge in [-0.2, -0.15) is 0 Å². The normalized spacial score (nSPS) is 12.5. The summed E-state index contributed by atoms with van der Waals surface area (Å²) in [6.07, 6.45) is -0.765. The fourth-order valence-electron chi connectivity index (χ4n) is 2.14. The molecule has 112 valence electrons. The van der Waals surface area contributed by atoms with Gasteiger partial charge in [0.05, 0.1) is 6.10 Å². The Morgan fingerprint density at radius 2 is 1.71 bits per heavy atom. The van der Waals surface area contributed by atoms with E-state index in [0.717, 1.165) is 5.56 Å². The molecule has 2 rings (SSSR count). The van der Waals surface area contributed by atoms with Crippen LogP contribution in [0.2, 0.25) is 0 Å². The summed E-state index contributed by atoms with van der Waals surface area (Å²) in [5, 5.41) is 9.68. The Morgan fingerprint density at radius 3 is 2.29 bits per heavy atom. The van der Waals surface area contributed by atoms with Gasteiger partial charge in [-0.05, 0) is 42.2 Å². The number of ether oxygens (including phenoxy) is 1. The first-order chi connectivity index (χ1) is 9.97. The minimum Gasteiger partial charge on any atom is -0.489 e. The lowest BCUT2D eigenvalue weighted by Crippen LogP contribution is -2.02. The second-order valence-electron chi connectivity index (χ2n) is 5.54. The predicted octanol–water partition coefficient (Wildman–Crippen LogP) is 4.58. The average molecular weight is 288 g/mol. The molecule has 1 N–H and O–H groups in total. The summed E-state index contributed by atoms with van der Waals surface area (Å²) in [6.45, 7) is 6.29. The number of rotatable bonds is 5. The van der Waals surface area contributed by atoms with Gasteiger partial charge in [-0.1, -0.05) is 38.1 Å². The first-order valence-corrected chi connectivity index (χ1v) is 7.16. The van der Waals surface area contributed by atoms with Gasteiger partial charge in [-0.25, -0.2) is 4.39 Å². The van der Waals surface area contributed by atoms with Crippen molar-refractivity contribution in [1.82, 2.24) is 0 Å². The van der Waals surface area contributed by atoms with Crippen LogP contribution in [0.4, 0.5) is 4.39 Å². The number of halogens is 1. The van der Waals surface area contributed by atoms with Crippen molar-refractivity contribution >= 4 is 0 Å². The first-order valence-electron chi connectivity index (χ1n) is 7.16. The third-order valence-corrected chi connectivity index (χ3v) is 3.46. The minimum absolute atomic E-state index is 0.375. The smallest absolute Gasteiger partial charge is 0.125 e. The van der Waals surface area contributed by atoms with Crippen molar-refractivity contribution in [2.75, 3.05) is 0 Å². The van der Waals surface area contributed by atoms with Crippen LogP contribution in [0.1, 0.15) is 49.5 Å². The van der Waals surface area contributed by atoms with Gasteiger partial charge in [0.15, 0.2) is 0 Å². The van der Waals surface area contributed by atoms with E-state index in [1.807, 2.05) is 12.1 Å². The molecular weight excluding hydrogens is 267 g/mol. The number of benzene rings is 2. The molecule has 0 heterocycles. The van der Waals surface area contributed by atoms with Crippen LogP contribution < -0.4 is 4.74 Å². The number of hydrogen-bond donors (Lipinski definition) is 1. The molecule has 0 spiro atoms. The Hall–Kier alpha value is -1.87. The average Bonchev–Trinajstić information content (AvgIpc) is 2.46. The summed E-state index contributed by atoms with van der Waals surface area (Å²) in [6, 6.07) is 12.4. The van der Waals surface area contributed by atoms with E-state index in [1.165, 1.54) is 17.7 Å². The standard InChI is InChI=1S/C18H21FO2/c1-12(2)15-6-4-14(5-7-15)11-21-18-9-8-16(19)10-17(18)13(3)20/h4-10,12-13,20H,11H2,1-3H3/t13-/m1/s1. The Bertz CT molecular complexity index is 589. The fraction of sp³-hybridized carbons (Fsp3) is 0.333. The van der Waals surface area contributed by atoms with E-state index in [9.17, 15) is 9.50 Å². The zero-order chi connectivity index (χ0) is 15.4. The van der Waals surface area contributed by atoms with Crippen LogP contribution in [0.25, 0.3) is 0 Å². The van der Waals surface area contributed by atoms with Crippen LogP contribution in [-0.4, -0.2) is 5.11 Å². The molecule has 2 nitrogen and oxygen atoms in total. The molecule has 0 amide bonds. The third-order valence-electron chi connectivity index (χ3n) is 3.46. The van der Waals surface area contributed by atoms with Gasteiger partial charge < -0.3 is 9.84 Å². The maximum absolute atomic E-state index is 13.2. The summed E-state index contributed by atoms with van der Waals surface area (Å²) in [7, 11) is 0. The van der Waals surface area contributed by atoms with E-state index in [-0.39, 0.29) is 5.82 Å². The van der Waals surface area contributed by atoms with Crippen LogP contribution in [0.3, 0.4) is 0 Å². The molecule has 0 aliphatic carbocycles. The second kappa shape index (κ2) is 6.72. The highest BCUT2D eigenvalue weighted by molar-refractivity contribution is 5.36. The summed E-state index contributed by atoms with van der Waals surface area (Å²) >= 11 is 0. The van der Waals surface area contributed by atoms with Crippen molar-refractivity contribution in [1.29, 1.82) is 0 Å². The zero-order valence-electron chi connectivity index (χ0n) is 12.6. The fourth-order valence-corrected chi connectivity index (χ4v) is 2.14. The van der Waals surface area contributed by atoms with Crippen LogP contribution in [0.5, 0.6) is 5.75 Å². The van der Waals surface area contributed by atoms with E-state index in [2.05, 4.69) is 26.0 Å².